The quantitative estimate of drug-likeness (QED) is 0.313. The van der Waals surface area contributed by atoms with E-state index in [1.165, 1.54) is 0 Å². The zero-order chi connectivity index (χ0) is 19.3. The highest BCUT2D eigenvalue weighted by molar-refractivity contribution is 7.89. The van der Waals surface area contributed by atoms with Crippen LogP contribution in [0.15, 0.2) is 60.7 Å². The van der Waals surface area contributed by atoms with Gasteiger partial charge in [-0.3, -0.25) is 0 Å². The second-order valence-corrected chi connectivity index (χ2v) is 13.7. The Balaban J connectivity index is 2.47. The van der Waals surface area contributed by atoms with Crippen LogP contribution < -0.4 is 10.6 Å². The summed E-state index contributed by atoms with van der Waals surface area (Å²) in [5.74, 6) is -0.464. The Bertz CT molecular complexity index is 754. The molecule has 6 nitrogen and oxygen atoms in total. The maximum Gasteiger partial charge on any atom is 0.496 e. The Morgan fingerprint density at radius 2 is 1.31 bits per heavy atom. The monoisotopic (exact) mass is 414 g/mol. The second kappa shape index (κ2) is 8.71. The first-order valence-corrected chi connectivity index (χ1v) is 14.0. The van der Waals surface area contributed by atoms with E-state index in [1.54, 1.807) is 0 Å². The second-order valence-electron chi connectivity index (χ2n) is 6.23. The van der Waals surface area contributed by atoms with Crippen LogP contribution in [0.3, 0.4) is 0 Å². The number of rotatable bonds is 9. The van der Waals surface area contributed by atoms with Gasteiger partial charge in [-0.15, -0.1) is 0 Å². The molecule has 0 aliphatic heterocycles. The van der Waals surface area contributed by atoms with Crippen molar-refractivity contribution in [3.05, 3.63) is 60.7 Å². The van der Waals surface area contributed by atoms with Crippen LogP contribution in [0.25, 0.3) is 0 Å². The third-order valence-corrected chi connectivity index (χ3v) is 11.0. The van der Waals surface area contributed by atoms with Crippen molar-refractivity contribution in [1.29, 1.82) is 0 Å². The van der Waals surface area contributed by atoms with Gasteiger partial charge in [0, 0.05) is 5.75 Å². The van der Waals surface area contributed by atoms with Crippen LogP contribution in [-0.4, -0.2) is 54.2 Å². The third kappa shape index (κ3) is 6.24. The van der Waals surface area contributed by atoms with Gasteiger partial charge in [-0.1, -0.05) is 36.4 Å². The third-order valence-electron chi connectivity index (χ3n) is 4.26. The van der Waals surface area contributed by atoms with Crippen molar-refractivity contribution >= 4 is 36.8 Å². The molecule has 0 saturated heterocycles. The maximum atomic E-state index is 11.1. The van der Waals surface area contributed by atoms with Gasteiger partial charge in [-0.2, -0.15) is 0 Å². The fraction of sp³-hybridized carbons (Fsp3) is 0.294. The van der Waals surface area contributed by atoms with Crippen LogP contribution in [0.2, 0.25) is 6.04 Å². The van der Waals surface area contributed by atoms with Crippen molar-refractivity contribution in [3.8, 4) is 0 Å². The Kier molecular flexibility index (Phi) is 7.10. The van der Waals surface area contributed by atoms with E-state index in [2.05, 4.69) is 0 Å². The zero-order valence-electron chi connectivity index (χ0n) is 14.2. The van der Waals surface area contributed by atoms with Gasteiger partial charge in [0.05, 0.1) is 46.4 Å². The fourth-order valence-electron chi connectivity index (χ4n) is 3.06. The van der Waals surface area contributed by atoms with Gasteiger partial charge in [0.2, 0.25) is 0 Å². The summed E-state index contributed by atoms with van der Waals surface area (Å²) in [7, 11) is -10.8. The van der Waals surface area contributed by atoms with Crippen LogP contribution in [0.1, 0.15) is 6.42 Å². The Morgan fingerprint density at radius 1 is 0.846 bits per heavy atom. The minimum absolute atomic E-state index is 0.144. The molecule has 0 amide bonds. The predicted octanol–water partition coefficient (Wildman–Crippen LogP) is 0.506. The van der Waals surface area contributed by atoms with Gasteiger partial charge in [-0.25, -0.2) is 8.42 Å². The number of hydrogen-bond donors (Lipinski definition) is 3. The minimum Gasteiger partial charge on any atom is -0.748 e. The lowest BCUT2D eigenvalue weighted by Gasteiger charge is -2.28. The number of benzene rings is 2. The van der Waals surface area contributed by atoms with Crippen LogP contribution in [-0.2, 0) is 10.1 Å². The standard InChI is InChI=1S/C17H23O6PSSi/c18-25(19,20)14-7-12-24(13-15-26(21,22)23,16-8-3-1-4-9-16)17-10-5-2-6-11-17/h1-6,8-11,21-23H,7,12-15H2. The summed E-state index contributed by atoms with van der Waals surface area (Å²) in [6, 6.07) is 18.8. The van der Waals surface area contributed by atoms with Gasteiger partial charge in [0.1, 0.15) is 0 Å². The highest BCUT2D eigenvalue weighted by Crippen LogP contribution is 2.57. The molecule has 142 valence electrons. The molecule has 0 heterocycles. The molecular weight excluding hydrogens is 391 g/mol. The average molecular weight is 414 g/mol. The summed E-state index contributed by atoms with van der Waals surface area (Å²) >= 11 is 0. The summed E-state index contributed by atoms with van der Waals surface area (Å²) in [6.45, 7) is 0. The van der Waals surface area contributed by atoms with Crippen molar-refractivity contribution in [1.82, 2.24) is 0 Å². The molecule has 0 aliphatic carbocycles. The largest absolute Gasteiger partial charge is 0.748 e. The van der Waals surface area contributed by atoms with E-state index in [-0.39, 0.29) is 12.5 Å². The first-order valence-electron chi connectivity index (χ1n) is 8.21. The van der Waals surface area contributed by atoms with Crippen LogP contribution >= 0.6 is 7.26 Å². The Hall–Kier alpha value is -1.12. The highest BCUT2D eigenvalue weighted by Gasteiger charge is 2.45. The minimum atomic E-state index is -4.33. The van der Waals surface area contributed by atoms with Gasteiger partial charge >= 0.3 is 8.80 Å². The van der Waals surface area contributed by atoms with Crippen LogP contribution in [0, 0.1) is 0 Å². The molecule has 0 bridgehead atoms. The maximum absolute atomic E-state index is 11.1. The van der Waals surface area contributed by atoms with Crippen molar-refractivity contribution in [3.63, 3.8) is 0 Å². The summed E-state index contributed by atoms with van der Waals surface area (Å²) in [5, 5.41) is 1.96. The van der Waals surface area contributed by atoms with Crippen molar-refractivity contribution in [2.45, 2.75) is 12.5 Å². The van der Waals surface area contributed by atoms with Crippen molar-refractivity contribution in [2.24, 2.45) is 0 Å². The fourth-order valence-corrected chi connectivity index (χ4v) is 10.2. The summed E-state index contributed by atoms with van der Waals surface area (Å²) in [4.78, 5) is 28.7. The molecule has 0 atom stereocenters. The molecule has 2 aromatic carbocycles. The molecule has 0 spiro atoms. The summed E-state index contributed by atoms with van der Waals surface area (Å²) in [5.41, 5.74) is 0. The van der Waals surface area contributed by atoms with Crippen molar-refractivity contribution < 1.29 is 27.4 Å². The van der Waals surface area contributed by atoms with Gasteiger partial charge in [0.15, 0.2) is 0 Å². The van der Waals surface area contributed by atoms with Gasteiger partial charge in [0.25, 0.3) is 0 Å². The molecule has 9 heteroatoms. The number of hydrogen-bond acceptors (Lipinski definition) is 6. The lowest BCUT2D eigenvalue weighted by molar-refractivity contribution is 0.230. The highest BCUT2D eigenvalue weighted by atomic mass is 32.2. The molecule has 0 radical (unpaired) electrons. The lowest BCUT2D eigenvalue weighted by atomic mass is 10.4. The van der Waals surface area contributed by atoms with Gasteiger partial charge in [-0.05, 0) is 30.7 Å². The smallest absolute Gasteiger partial charge is 0.496 e. The summed E-state index contributed by atoms with van der Waals surface area (Å²) in [6.07, 6.45) is 0.947. The lowest BCUT2D eigenvalue weighted by Crippen LogP contribution is -2.38. The normalized spacial score (nSPS) is 12.9. The van der Waals surface area contributed by atoms with E-state index in [4.69, 9.17) is 0 Å². The molecule has 0 fully saturated rings. The molecular formula is C17H23O6PSSi. The Labute approximate surface area is 155 Å². The van der Waals surface area contributed by atoms with E-state index < -0.39 is 31.9 Å². The first-order chi connectivity index (χ1) is 12.1. The average Bonchev–Trinajstić information content (AvgIpc) is 2.58. The van der Waals surface area contributed by atoms with Gasteiger partial charge < -0.3 is 18.9 Å². The SMILES string of the molecule is O=S(=O)([O-])CCC[P+](CC[Si](O)(O)O)(c1ccccc1)c1ccccc1. The molecule has 2 aromatic rings. The van der Waals surface area contributed by atoms with E-state index in [9.17, 15) is 27.4 Å². The summed E-state index contributed by atoms with van der Waals surface area (Å²) < 4.78 is 33.2. The first kappa shape index (κ1) is 21.2. The molecule has 2 rings (SSSR count). The van der Waals surface area contributed by atoms with Crippen molar-refractivity contribution in [2.75, 3.05) is 18.1 Å². The molecule has 3 N–H and O–H groups in total. The zero-order valence-corrected chi connectivity index (χ0v) is 16.9. The predicted molar refractivity (Wildman–Crippen MR) is 105 cm³/mol. The molecule has 26 heavy (non-hydrogen) atoms. The van der Waals surface area contributed by atoms with E-state index in [0.29, 0.717) is 12.3 Å². The van der Waals surface area contributed by atoms with E-state index in [1.807, 2.05) is 60.7 Å². The van der Waals surface area contributed by atoms with Crippen LogP contribution in [0.5, 0.6) is 0 Å². The van der Waals surface area contributed by atoms with E-state index in [0.717, 1.165) is 10.6 Å². The van der Waals surface area contributed by atoms with Crippen LogP contribution in [0.4, 0.5) is 0 Å². The molecule has 0 unspecified atom stereocenters. The Morgan fingerprint density at radius 3 is 1.69 bits per heavy atom. The molecule has 0 aromatic heterocycles. The van der Waals surface area contributed by atoms with E-state index >= 15 is 0 Å². The molecule has 0 saturated carbocycles. The topological polar surface area (TPSA) is 118 Å². The molecule has 0 aliphatic rings.